The summed E-state index contributed by atoms with van der Waals surface area (Å²) >= 11 is 0. The normalized spacial score (nSPS) is 13.8. The minimum Gasteiger partial charge on any atom is -0.490 e. The third-order valence-electron chi connectivity index (χ3n) is 4.47. The molecule has 31 heavy (non-hydrogen) atoms. The van der Waals surface area contributed by atoms with Crippen LogP contribution >= 0.6 is 0 Å². The molecule has 3 aromatic rings. The molecule has 0 spiro atoms. The fourth-order valence-corrected chi connectivity index (χ4v) is 5.08. The molecule has 1 heterocycles. The molecule has 0 saturated carbocycles. The van der Waals surface area contributed by atoms with Gasteiger partial charge in [-0.1, -0.05) is 18.2 Å². The fourth-order valence-electron chi connectivity index (χ4n) is 2.95. The quantitative estimate of drug-likeness (QED) is 0.583. The second-order valence-electron chi connectivity index (χ2n) is 6.76. The summed E-state index contributed by atoms with van der Waals surface area (Å²) in [6.07, 6.45) is 0.712. The highest BCUT2D eigenvalue weighted by molar-refractivity contribution is 7.93. The summed E-state index contributed by atoms with van der Waals surface area (Å²) in [5.74, 6) is 0.866. The SMILES string of the molecule is O=S(=O)(Nc1ccccc1)c1ccc(NS(=O)(=O)c2ccc3c(c2)OCCCO3)cc1. The molecule has 8 nitrogen and oxygen atoms in total. The first-order chi connectivity index (χ1) is 14.8. The van der Waals surface area contributed by atoms with Gasteiger partial charge in [0.05, 0.1) is 23.0 Å². The van der Waals surface area contributed by atoms with E-state index in [1.54, 1.807) is 36.4 Å². The molecular weight excluding hydrogens is 440 g/mol. The van der Waals surface area contributed by atoms with Gasteiger partial charge >= 0.3 is 0 Å². The number of hydrogen-bond donors (Lipinski definition) is 2. The van der Waals surface area contributed by atoms with Crippen molar-refractivity contribution in [1.29, 1.82) is 0 Å². The summed E-state index contributed by atoms with van der Waals surface area (Å²) < 4.78 is 66.5. The highest BCUT2D eigenvalue weighted by Gasteiger charge is 2.20. The third-order valence-corrected chi connectivity index (χ3v) is 7.25. The summed E-state index contributed by atoms with van der Waals surface area (Å²) in [6.45, 7) is 0.947. The molecule has 0 bridgehead atoms. The van der Waals surface area contributed by atoms with E-state index >= 15 is 0 Å². The minimum absolute atomic E-state index is 0.00915. The van der Waals surface area contributed by atoms with Gasteiger partial charge in [0.25, 0.3) is 20.0 Å². The van der Waals surface area contributed by atoms with Crippen LogP contribution in [-0.2, 0) is 20.0 Å². The van der Waals surface area contributed by atoms with E-state index in [1.807, 2.05) is 0 Å². The Morgan fingerprint density at radius 2 is 1.16 bits per heavy atom. The molecule has 0 unspecified atom stereocenters. The van der Waals surface area contributed by atoms with Crippen LogP contribution in [0.5, 0.6) is 11.5 Å². The van der Waals surface area contributed by atoms with Gasteiger partial charge in [-0.15, -0.1) is 0 Å². The summed E-state index contributed by atoms with van der Waals surface area (Å²) in [5, 5.41) is 0. The Kier molecular flexibility index (Phi) is 5.75. The van der Waals surface area contributed by atoms with Crippen molar-refractivity contribution in [2.45, 2.75) is 16.2 Å². The molecule has 1 aliphatic rings. The average Bonchev–Trinajstić information content (AvgIpc) is 2.99. The Bertz CT molecular complexity index is 1280. The van der Waals surface area contributed by atoms with Gasteiger partial charge < -0.3 is 9.47 Å². The predicted molar refractivity (Wildman–Crippen MR) is 117 cm³/mol. The first-order valence-corrected chi connectivity index (χ1v) is 12.4. The number of nitrogens with one attached hydrogen (secondary N) is 2. The van der Waals surface area contributed by atoms with Crippen LogP contribution < -0.4 is 18.9 Å². The Morgan fingerprint density at radius 1 is 0.613 bits per heavy atom. The second-order valence-corrected chi connectivity index (χ2v) is 10.1. The summed E-state index contributed by atoms with van der Waals surface area (Å²) in [4.78, 5) is 0.0223. The van der Waals surface area contributed by atoms with Crippen LogP contribution in [0.25, 0.3) is 0 Å². The first-order valence-electron chi connectivity index (χ1n) is 9.44. The van der Waals surface area contributed by atoms with E-state index < -0.39 is 20.0 Å². The average molecular weight is 461 g/mol. The molecule has 0 atom stereocenters. The number of sulfonamides is 2. The summed E-state index contributed by atoms with van der Waals surface area (Å²) in [5.41, 5.74) is 0.660. The fraction of sp³-hybridized carbons (Fsp3) is 0.143. The van der Waals surface area contributed by atoms with Crippen molar-refractivity contribution < 1.29 is 26.3 Å². The lowest BCUT2D eigenvalue weighted by molar-refractivity contribution is 0.297. The van der Waals surface area contributed by atoms with Crippen LogP contribution in [0.15, 0.2) is 82.6 Å². The van der Waals surface area contributed by atoms with Crippen molar-refractivity contribution in [3.63, 3.8) is 0 Å². The molecule has 0 aliphatic carbocycles. The Labute approximate surface area is 180 Å². The van der Waals surface area contributed by atoms with Gasteiger partial charge in [0, 0.05) is 23.9 Å². The number of ether oxygens (including phenoxy) is 2. The molecule has 0 amide bonds. The van der Waals surface area contributed by atoms with Gasteiger partial charge in [-0.05, 0) is 48.5 Å². The van der Waals surface area contributed by atoms with Crippen molar-refractivity contribution in [1.82, 2.24) is 0 Å². The maximum Gasteiger partial charge on any atom is 0.262 e. The maximum atomic E-state index is 12.8. The number of hydrogen-bond acceptors (Lipinski definition) is 6. The van der Waals surface area contributed by atoms with E-state index in [9.17, 15) is 16.8 Å². The van der Waals surface area contributed by atoms with Gasteiger partial charge in [-0.25, -0.2) is 16.8 Å². The maximum absolute atomic E-state index is 12.8. The lowest BCUT2D eigenvalue weighted by atomic mass is 10.3. The molecule has 162 valence electrons. The standard InChI is InChI=1S/C21H20N2O6S2/c24-30(25,22-16-5-2-1-3-6-16)18-9-7-17(8-10-18)23-31(26,27)19-11-12-20-21(15-19)29-14-4-13-28-20/h1-3,5-12,15,22-23H,4,13-14H2. The third kappa shape index (κ3) is 4.92. The summed E-state index contributed by atoms with van der Waals surface area (Å²) in [7, 11) is -7.70. The van der Waals surface area contributed by atoms with Crippen LogP contribution in [0.1, 0.15) is 6.42 Å². The first kappa shape index (κ1) is 21.0. The highest BCUT2D eigenvalue weighted by atomic mass is 32.2. The Morgan fingerprint density at radius 3 is 1.84 bits per heavy atom. The largest absolute Gasteiger partial charge is 0.490 e. The number of fused-ring (bicyclic) bond motifs is 1. The van der Waals surface area contributed by atoms with Crippen molar-refractivity contribution >= 4 is 31.4 Å². The molecular formula is C21H20N2O6S2. The lowest BCUT2D eigenvalue weighted by Crippen LogP contribution is -2.14. The zero-order valence-electron chi connectivity index (χ0n) is 16.3. The number of anilines is 2. The van der Waals surface area contributed by atoms with Gasteiger partial charge in [0.2, 0.25) is 0 Å². The van der Waals surface area contributed by atoms with E-state index in [1.165, 1.54) is 36.4 Å². The topological polar surface area (TPSA) is 111 Å². The van der Waals surface area contributed by atoms with Gasteiger partial charge in [-0.3, -0.25) is 9.44 Å². The molecule has 1 aliphatic heterocycles. The Hall–Kier alpha value is -3.24. The number of rotatable bonds is 6. The number of para-hydroxylation sites is 1. The number of benzene rings is 3. The van der Waals surface area contributed by atoms with E-state index in [0.29, 0.717) is 36.8 Å². The lowest BCUT2D eigenvalue weighted by Gasteiger charge is -2.12. The molecule has 4 rings (SSSR count). The van der Waals surface area contributed by atoms with Crippen molar-refractivity contribution in [3.05, 3.63) is 72.8 Å². The van der Waals surface area contributed by atoms with Crippen molar-refractivity contribution in [3.8, 4) is 11.5 Å². The van der Waals surface area contributed by atoms with Crippen molar-refractivity contribution in [2.24, 2.45) is 0 Å². The van der Waals surface area contributed by atoms with E-state index in [0.717, 1.165) is 0 Å². The van der Waals surface area contributed by atoms with Crippen LogP contribution in [0.4, 0.5) is 11.4 Å². The smallest absolute Gasteiger partial charge is 0.262 e. The highest BCUT2D eigenvalue weighted by Crippen LogP contribution is 2.32. The second kappa shape index (κ2) is 8.48. The molecule has 10 heteroatoms. The molecule has 0 radical (unpaired) electrons. The molecule has 0 saturated heterocycles. The monoisotopic (exact) mass is 460 g/mol. The van der Waals surface area contributed by atoms with Gasteiger partial charge in [0.15, 0.2) is 11.5 Å². The molecule has 0 aromatic heterocycles. The zero-order valence-corrected chi connectivity index (χ0v) is 17.9. The van der Waals surface area contributed by atoms with Crippen LogP contribution in [0.2, 0.25) is 0 Å². The Balaban J connectivity index is 1.51. The van der Waals surface area contributed by atoms with Gasteiger partial charge in [-0.2, -0.15) is 0 Å². The minimum atomic E-state index is -3.91. The van der Waals surface area contributed by atoms with Crippen molar-refractivity contribution in [2.75, 3.05) is 22.7 Å². The van der Waals surface area contributed by atoms with Crippen LogP contribution in [-0.4, -0.2) is 30.0 Å². The van der Waals surface area contributed by atoms with E-state index in [4.69, 9.17) is 9.47 Å². The van der Waals surface area contributed by atoms with E-state index in [-0.39, 0.29) is 15.5 Å². The van der Waals surface area contributed by atoms with Gasteiger partial charge in [0.1, 0.15) is 0 Å². The van der Waals surface area contributed by atoms with Crippen LogP contribution in [0.3, 0.4) is 0 Å². The zero-order chi connectivity index (χ0) is 21.9. The molecule has 3 aromatic carbocycles. The molecule has 2 N–H and O–H groups in total. The van der Waals surface area contributed by atoms with Crippen LogP contribution in [0, 0.1) is 0 Å². The summed E-state index contributed by atoms with van der Waals surface area (Å²) in [6, 6.07) is 18.3. The molecule has 0 fully saturated rings. The van der Waals surface area contributed by atoms with E-state index in [2.05, 4.69) is 9.44 Å². The predicted octanol–water partition coefficient (Wildman–Crippen LogP) is 3.45.